The summed E-state index contributed by atoms with van der Waals surface area (Å²) in [7, 11) is -2.12. The summed E-state index contributed by atoms with van der Waals surface area (Å²) in [6.07, 6.45) is 3.27. The van der Waals surface area contributed by atoms with E-state index in [-0.39, 0.29) is 0 Å². The summed E-state index contributed by atoms with van der Waals surface area (Å²) in [5.74, 6) is 0.787. The first-order chi connectivity index (χ1) is 18.0. The first-order valence-corrected chi connectivity index (χ1v) is 13.9. The lowest BCUT2D eigenvalue weighted by atomic mass is 9.71. The molecule has 1 aliphatic rings. The first kappa shape index (κ1) is 24.8. The predicted molar refractivity (Wildman–Crippen MR) is 148 cm³/mol. The highest BCUT2D eigenvalue weighted by Gasteiger charge is 2.49. The molecule has 1 aliphatic heterocycles. The largest absolute Gasteiger partial charge is 0.496 e. The zero-order valence-electron chi connectivity index (χ0n) is 21.2. The Kier molecular flexibility index (Phi) is 6.90. The molecule has 0 atom stereocenters. The number of aryl methyl sites for hydroxylation is 1. The number of rotatable bonds is 7. The number of allylic oxidation sites excluding steroid dienone is 2. The van der Waals surface area contributed by atoms with Crippen LogP contribution in [0, 0.1) is 6.92 Å². The van der Waals surface area contributed by atoms with Crippen LogP contribution >= 0.6 is 0 Å². The Morgan fingerprint density at radius 3 is 1.97 bits per heavy atom. The highest BCUT2D eigenvalue weighted by atomic mass is 32.2. The van der Waals surface area contributed by atoms with E-state index < -0.39 is 15.4 Å². The van der Waals surface area contributed by atoms with Crippen LogP contribution in [0.1, 0.15) is 28.7 Å². The molecule has 188 valence electrons. The monoisotopic (exact) mass is 509 g/mol. The summed E-state index contributed by atoms with van der Waals surface area (Å²) in [5, 5.41) is 0. The molecule has 1 saturated heterocycles. The zero-order valence-corrected chi connectivity index (χ0v) is 22.0. The first-order valence-electron chi connectivity index (χ1n) is 12.5. The van der Waals surface area contributed by atoms with E-state index >= 15 is 0 Å². The van der Waals surface area contributed by atoms with Gasteiger partial charge >= 0.3 is 0 Å². The number of benzene rings is 4. The van der Waals surface area contributed by atoms with Crippen LogP contribution in [-0.2, 0) is 21.9 Å². The minimum absolute atomic E-state index is 0.304. The fourth-order valence-electron chi connectivity index (χ4n) is 5.37. The molecule has 4 nitrogen and oxygen atoms in total. The molecule has 0 amide bonds. The highest BCUT2D eigenvalue weighted by Crippen LogP contribution is 2.50. The van der Waals surface area contributed by atoms with Crippen LogP contribution in [0.15, 0.2) is 126 Å². The molecule has 4 aromatic carbocycles. The van der Waals surface area contributed by atoms with E-state index in [0.717, 1.165) is 33.7 Å². The SMILES string of the molecule is COc1ccccc1C/C=C1/N(S(=O)(=O)c2ccc(C)cc2)CCC1(c1ccccc1)c1ccccc1. The molecule has 0 aliphatic carbocycles. The van der Waals surface area contributed by atoms with Crippen molar-refractivity contribution in [1.82, 2.24) is 4.31 Å². The van der Waals surface area contributed by atoms with Gasteiger partial charge in [-0.15, -0.1) is 0 Å². The average Bonchev–Trinajstić information content (AvgIpc) is 3.34. The van der Waals surface area contributed by atoms with Crippen LogP contribution in [0.5, 0.6) is 5.75 Å². The van der Waals surface area contributed by atoms with Gasteiger partial charge in [-0.1, -0.05) is 103 Å². The molecule has 5 heteroatoms. The Morgan fingerprint density at radius 2 is 1.38 bits per heavy atom. The lowest BCUT2D eigenvalue weighted by molar-refractivity contribution is 0.410. The van der Waals surface area contributed by atoms with Crippen molar-refractivity contribution in [3.05, 3.63) is 143 Å². The number of sulfonamides is 1. The molecule has 0 aromatic heterocycles. The third-order valence-corrected chi connectivity index (χ3v) is 9.07. The van der Waals surface area contributed by atoms with Crippen LogP contribution in [-0.4, -0.2) is 26.4 Å². The standard InChI is InChI=1S/C32H31NO3S/c1-25-17-20-29(21-18-25)37(34,35)33-24-23-32(27-12-5-3-6-13-27,28-14-7-4-8-15-28)31(33)22-19-26-11-9-10-16-30(26)36-2/h3-18,20-22H,19,23-24H2,1-2H3/b31-22+. The van der Waals surface area contributed by atoms with E-state index in [1.54, 1.807) is 23.5 Å². The van der Waals surface area contributed by atoms with E-state index in [2.05, 4.69) is 30.3 Å². The van der Waals surface area contributed by atoms with Gasteiger partial charge in [0, 0.05) is 12.2 Å². The van der Waals surface area contributed by atoms with E-state index in [1.807, 2.05) is 79.7 Å². The van der Waals surface area contributed by atoms with Gasteiger partial charge < -0.3 is 4.74 Å². The van der Waals surface area contributed by atoms with Crippen molar-refractivity contribution in [2.24, 2.45) is 0 Å². The van der Waals surface area contributed by atoms with Crippen molar-refractivity contribution in [3.63, 3.8) is 0 Å². The number of ether oxygens (including phenoxy) is 1. The smallest absolute Gasteiger partial charge is 0.264 e. The summed E-state index contributed by atoms with van der Waals surface area (Å²) in [6.45, 7) is 2.35. The van der Waals surface area contributed by atoms with Crippen LogP contribution in [0.2, 0.25) is 0 Å². The maximum absolute atomic E-state index is 14.1. The van der Waals surface area contributed by atoms with Gasteiger partial charge in [0.1, 0.15) is 5.75 Å². The molecular weight excluding hydrogens is 478 g/mol. The van der Waals surface area contributed by atoms with Gasteiger partial charge in [0.05, 0.1) is 17.4 Å². The number of nitrogens with zero attached hydrogens (tertiary/aromatic N) is 1. The van der Waals surface area contributed by atoms with Crippen molar-refractivity contribution in [3.8, 4) is 5.75 Å². The highest BCUT2D eigenvalue weighted by molar-refractivity contribution is 7.89. The third-order valence-electron chi connectivity index (χ3n) is 7.25. The second kappa shape index (κ2) is 10.3. The maximum atomic E-state index is 14.1. The summed E-state index contributed by atoms with van der Waals surface area (Å²) >= 11 is 0. The molecule has 0 spiro atoms. The fourth-order valence-corrected chi connectivity index (χ4v) is 6.92. The Balaban J connectivity index is 1.72. The van der Waals surface area contributed by atoms with Gasteiger partial charge in [-0.3, -0.25) is 4.31 Å². The van der Waals surface area contributed by atoms with Crippen molar-refractivity contribution in [2.45, 2.75) is 30.1 Å². The fraction of sp³-hybridized carbons (Fsp3) is 0.188. The Bertz CT molecular complexity index is 1460. The lowest BCUT2D eigenvalue weighted by Crippen LogP contribution is -2.33. The molecule has 37 heavy (non-hydrogen) atoms. The Morgan fingerprint density at radius 1 is 0.811 bits per heavy atom. The van der Waals surface area contributed by atoms with Crippen molar-refractivity contribution in [1.29, 1.82) is 0 Å². The maximum Gasteiger partial charge on any atom is 0.264 e. The molecule has 0 saturated carbocycles. The molecule has 0 radical (unpaired) electrons. The number of hydrogen-bond acceptors (Lipinski definition) is 3. The quantitative estimate of drug-likeness (QED) is 0.285. The third kappa shape index (κ3) is 4.56. The average molecular weight is 510 g/mol. The number of hydrogen-bond donors (Lipinski definition) is 0. The van der Waals surface area contributed by atoms with Crippen LogP contribution in [0.25, 0.3) is 0 Å². The van der Waals surface area contributed by atoms with Gasteiger partial charge in [0.15, 0.2) is 0 Å². The molecule has 0 bridgehead atoms. The minimum Gasteiger partial charge on any atom is -0.496 e. The van der Waals surface area contributed by atoms with Gasteiger partial charge in [0.2, 0.25) is 0 Å². The van der Waals surface area contributed by atoms with E-state index in [4.69, 9.17) is 4.74 Å². The van der Waals surface area contributed by atoms with Crippen molar-refractivity contribution in [2.75, 3.05) is 13.7 Å². The van der Waals surface area contributed by atoms with Crippen molar-refractivity contribution < 1.29 is 13.2 Å². The second-order valence-corrected chi connectivity index (χ2v) is 11.2. The van der Waals surface area contributed by atoms with Crippen molar-refractivity contribution >= 4 is 10.0 Å². The zero-order chi connectivity index (χ0) is 25.9. The van der Waals surface area contributed by atoms with Gasteiger partial charge in [0.25, 0.3) is 10.0 Å². The van der Waals surface area contributed by atoms with Gasteiger partial charge in [-0.2, -0.15) is 0 Å². The molecule has 1 heterocycles. The van der Waals surface area contributed by atoms with Crippen LogP contribution in [0.3, 0.4) is 0 Å². The summed E-state index contributed by atoms with van der Waals surface area (Å²) in [6, 6.07) is 35.5. The van der Waals surface area contributed by atoms with Gasteiger partial charge in [-0.25, -0.2) is 8.42 Å². The molecular formula is C32H31NO3S. The molecule has 4 aromatic rings. The molecule has 0 unspecified atom stereocenters. The minimum atomic E-state index is -3.78. The molecule has 0 N–H and O–H groups in total. The van der Waals surface area contributed by atoms with Gasteiger partial charge in [-0.05, 0) is 54.7 Å². The Labute approximate surface area is 219 Å². The molecule has 1 fully saturated rings. The lowest BCUT2D eigenvalue weighted by Gasteiger charge is -2.34. The van der Waals surface area contributed by atoms with Crippen LogP contribution in [0.4, 0.5) is 0 Å². The number of para-hydroxylation sites is 1. The summed E-state index contributed by atoms with van der Waals surface area (Å²) in [4.78, 5) is 0.304. The summed E-state index contributed by atoms with van der Waals surface area (Å²) in [5.41, 5.74) is 4.35. The molecule has 5 rings (SSSR count). The Hall–Kier alpha value is -3.83. The normalized spacial score (nSPS) is 16.2. The van der Waals surface area contributed by atoms with E-state index in [9.17, 15) is 8.42 Å². The topological polar surface area (TPSA) is 46.6 Å². The van der Waals surface area contributed by atoms with E-state index in [0.29, 0.717) is 24.3 Å². The predicted octanol–water partition coefficient (Wildman–Crippen LogP) is 6.51. The number of methoxy groups -OCH3 is 1. The van der Waals surface area contributed by atoms with E-state index in [1.165, 1.54) is 0 Å². The van der Waals surface area contributed by atoms with Crippen LogP contribution < -0.4 is 4.74 Å². The second-order valence-electron chi connectivity index (χ2n) is 9.38. The summed E-state index contributed by atoms with van der Waals surface area (Å²) < 4.78 is 35.4.